The summed E-state index contributed by atoms with van der Waals surface area (Å²) >= 11 is 0. The van der Waals surface area contributed by atoms with Gasteiger partial charge in [-0.3, -0.25) is 9.59 Å². The van der Waals surface area contributed by atoms with E-state index in [1.54, 1.807) is 0 Å². The summed E-state index contributed by atoms with van der Waals surface area (Å²) in [6.45, 7) is 11.7. The van der Waals surface area contributed by atoms with Crippen LogP contribution >= 0.6 is 0 Å². The van der Waals surface area contributed by atoms with Gasteiger partial charge in [-0.1, -0.05) is 39.0 Å². The van der Waals surface area contributed by atoms with Crippen molar-refractivity contribution in [3.63, 3.8) is 0 Å². The Morgan fingerprint density at radius 2 is 1.70 bits per heavy atom. The third-order valence-corrected chi connectivity index (χ3v) is 5.99. The second kappa shape index (κ2) is 8.62. The predicted octanol–water partition coefficient (Wildman–Crippen LogP) is 3.73. The summed E-state index contributed by atoms with van der Waals surface area (Å²) in [6.07, 6.45) is 1.46. The molecule has 2 aromatic rings. The lowest BCUT2D eigenvalue weighted by molar-refractivity contribution is -0.144. The molecule has 162 valence electrons. The summed E-state index contributed by atoms with van der Waals surface area (Å²) in [7, 11) is 1.87. The van der Waals surface area contributed by atoms with Crippen molar-refractivity contribution in [2.45, 2.75) is 54.0 Å². The minimum Gasteiger partial charge on any atom is -0.342 e. The van der Waals surface area contributed by atoms with Gasteiger partial charge in [0.05, 0.1) is 11.4 Å². The highest BCUT2D eigenvalue weighted by Crippen LogP contribution is 2.26. The fourth-order valence-electron chi connectivity index (χ4n) is 4.16. The van der Waals surface area contributed by atoms with Crippen molar-refractivity contribution < 1.29 is 9.59 Å². The molecular weight excluding hydrogens is 376 g/mol. The van der Waals surface area contributed by atoms with Gasteiger partial charge in [0, 0.05) is 49.3 Å². The monoisotopic (exact) mass is 410 g/mol. The van der Waals surface area contributed by atoms with E-state index in [4.69, 9.17) is 5.10 Å². The first-order valence-corrected chi connectivity index (χ1v) is 10.7. The van der Waals surface area contributed by atoms with Crippen LogP contribution in [-0.2, 0) is 16.1 Å². The molecule has 0 N–H and O–H groups in total. The largest absolute Gasteiger partial charge is 0.342 e. The molecule has 6 heteroatoms. The van der Waals surface area contributed by atoms with Crippen molar-refractivity contribution in [1.29, 1.82) is 0 Å². The molecule has 1 aliphatic heterocycles. The van der Waals surface area contributed by atoms with E-state index < -0.39 is 0 Å². The number of amides is 2. The fraction of sp³-hybridized carbons (Fsp3) is 0.542. The van der Waals surface area contributed by atoms with E-state index in [2.05, 4.69) is 6.92 Å². The zero-order valence-electron chi connectivity index (χ0n) is 19.1. The maximum atomic E-state index is 13.1. The molecule has 1 fully saturated rings. The highest BCUT2D eigenvalue weighted by Gasteiger charge is 2.33. The highest BCUT2D eigenvalue weighted by molar-refractivity contribution is 5.82. The summed E-state index contributed by atoms with van der Waals surface area (Å²) in [5.74, 6) is 0.300. The average molecular weight is 411 g/mol. The minimum absolute atomic E-state index is 0.0243. The summed E-state index contributed by atoms with van der Waals surface area (Å²) in [4.78, 5) is 29.3. The topological polar surface area (TPSA) is 58.4 Å². The molecule has 1 saturated heterocycles. The van der Waals surface area contributed by atoms with Crippen molar-refractivity contribution in [2.24, 2.45) is 11.3 Å². The quantitative estimate of drug-likeness (QED) is 0.772. The number of hydrogen-bond donors (Lipinski definition) is 0. The summed E-state index contributed by atoms with van der Waals surface area (Å²) in [5.41, 5.74) is 3.75. The third-order valence-electron chi connectivity index (χ3n) is 5.99. The van der Waals surface area contributed by atoms with E-state index in [0.717, 1.165) is 35.5 Å². The molecule has 0 atom stereocenters. The van der Waals surface area contributed by atoms with Crippen LogP contribution in [0.25, 0.3) is 5.69 Å². The Bertz CT molecular complexity index is 903. The second-order valence-corrected chi connectivity index (χ2v) is 9.41. The number of rotatable bonds is 4. The summed E-state index contributed by atoms with van der Waals surface area (Å²) < 4.78 is 1.94. The van der Waals surface area contributed by atoms with E-state index in [-0.39, 0.29) is 23.1 Å². The number of benzene rings is 1. The van der Waals surface area contributed by atoms with Gasteiger partial charge in [0.15, 0.2) is 0 Å². The molecule has 0 saturated carbocycles. The van der Waals surface area contributed by atoms with Gasteiger partial charge in [-0.15, -0.1) is 0 Å². The van der Waals surface area contributed by atoms with Crippen molar-refractivity contribution in [2.75, 3.05) is 20.1 Å². The molecule has 3 rings (SSSR count). The highest BCUT2D eigenvalue weighted by atomic mass is 16.2. The Balaban J connectivity index is 1.65. The molecule has 2 heterocycles. The zero-order valence-corrected chi connectivity index (χ0v) is 19.1. The molecule has 1 aliphatic rings. The average Bonchev–Trinajstić information content (AvgIpc) is 3.01. The molecule has 1 aromatic heterocycles. The maximum absolute atomic E-state index is 13.1. The maximum Gasteiger partial charge on any atom is 0.227 e. The van der Waals surface area contributed by atoms with E-state index in [1.165, 1.54) is 0 Å². The van der Waals surface area contributed by atoms with Gasteiger partial charge in [-0.25, -0.2) is 4.68 Å². The molecule has 2 amide bonds. The normalized spacial score (nSPS) is 15.3. The van der Waals surface area contributed by atoms with Crippen molar-refractivity contribution in [3.05, 3.63) is 47.3 Å². The third kappa shape index (κ3) is 4.58. The van der Waals surface area contributed by atoms with Gasteiger partial charge in [-0.2, -0.15) is 5.10 Å². The van der Waals surface area contributed by atoms with Crippen LogP contribution in [0.5, 0.6) is 0 Å². The fourth-order valence-corrected chi connectivity index (χ4v) is 4.16. The lowest BCUT2D eigenvalue weighted by Crippen LogP contribution is -2.46. The second-order valence-electron chi connectivity index (χ2n) is 9.41. The Morgan fingerprint density at radius 1 is 1.10 bits per heavy atom. The van der Waals surface area contributed by atoms with E-state index in [0.29, 0.717) is 19.6 Å². The number of hydrogen-bond acceptors (Lipinski definition) is 3. The van der Waals surface area contributed by atoms with Gasteiger partial charge in [0.25, 0.3) is 0 Å². The van der Waals surface area contributed by atoms with Crippen LogP contribution in [-0.4, -0.2) is 51.5 Å². The van der Waals surface area contributed by atoms with Crippen molar-refractivity contribution >= 4 is 11.8 Å². The molecule has 0 aliphatic carbocycles. The standard InChI is InChI=1S/C24H34N4O2/c1-17-21(18(2)28(25-17)20-10-8-7-9-11-20)16-26(6)22(29)19-12-14-27(15-13-19)23(30)24(3,4)5/h7-11,19H,12-16H2,1-6H3. The number of para-hydroxylation sites is 1. The summed E-state index contributed by atoms with van der Waals surface area (Å²) in [5, 5.41) is 4.69. The molecule has 30 heavy (non-hydrogen) atoms. The lowest BCUT2D eigenvalue weighted by Gasteiger charge is -2.36. The number of carbonyl (C=O) groups is 2. The van der Waals surface area contributed by atoms with Crippen LogP contribution < -0.4 is 0 Å². The summed E-state index contributed by atoms with van der Waals surface area (Å²) in [6, 6.07) is 10.0. The Morgan fingerprint density at radius 3 is 2.27 bits per heavy atom. The van der Waals surface area contributed by atoms with Crippen LogP contribution in [0.3, 0.4) is 0 Å². The van der Waals surface area contributed by atoms with E-state index in [9.17, 15) is 9.59 Å². The first-order valence-electron chi connectivity index (χ1n) is 10.7. The Labute approximate surface area is 179 Å². The zero-order chi connectivity index (χ0) is 22.1. The molecule has 0 spiro atoms. The predicted molar refractivity (Wildman–Crippen MR) is 118 cm³/mol. The van der Waals surface area contributed by atoms with E-state index >= 15 is 0 Å². The number of aromatic nitrogens is 2. The van der Waals surface area contributed by atoms with Gasteiger partial charge < -0.3 is 9.80 Å². The van der Waals surface area contributed by atoms with Crippen LogP contribution in [0.4, 0.5) is 0 Å². The molecule has 1 aromatic carbocycles. The van der Waals surface area contributed by atoms with Crippen molar-refractivity contribution in [3.8, 4) is 5.69 Å². The van der Waals surface area contributed by atoms with Gasteiger partial charge in [0.2, 0.25) is 11.8 Å². The van der Waals surface area contributed by atoms with Gasteiger partial charge in [0.1, 0.15) is 0 Å². The number of nitrogens with zero attached hydrogens (tertiary/aromatic N) is 4. The molecule has 0 radical (unpaired) electrons. The minimum atomic E-state index is -0.373. The number of aryl methyl sites for hydroxylation is 1. The SMILES string of the molecule is Cc1nn(-c2ccccc2)c(C)c1CN(C)C(=O)C1CCN(C(=O)C(C)(C)C)CC1. The molecule has 6 nitrogen and oxygen atoms in total. The van der Waals surface area contributed by atoms with Crippen LogP contribution in [0.15, 0.2) is 30.3 Å². The van der Waals surface area contributed by atoms with E-state index in [1.807, 2.05) is 79.6 Å². The van der Waals surface area contributed by atoms with Crippen LogP contribution in [0, 0.1) is 25.2 Å². The Hall–Kier alpha value is -2.63. The molecule has 0 bridgehead atoms. The van der Waals surface area contributed by atoms with Gasteiger partial charge >= 0.3 is 0 Å². The van der Waals surface area contributed by atoms with Crippen LogP contribution in [0.1, 0.15) is 50.6 Å². The van der Waals surface area contributed by atoms with Gasteiger partial charge in [-0.05, 0) is 38.8 Å². The Kier molecular flexibility index (Phi) is 6.34. The van der Waals surface area contributed by atoms with Crippen LogP contribution in [0.2, 0.25) is 0 Å². The smallest absolute Gasteiger partial charge is 0.227 e. The first kappa shape index (κ1) is 22.1. The van der Waals surface area contributed by atoms with Crippen molar-refractivity contribution in [1.82, 2.24) is 19.6 Å². The number of carbonyl (C=O) groups excluding carboxylic acids is 2. The first-order chi connectivity index (χ1) is 14.1. The lowest BCUT2D eigenvalue weighted by atomic mass is 9.90. The number of likely N-dealkylation sites (tertiary alicyclic amines) is 1. The number of piperidine rings is 1. The molecule has 0 unspecified atom stereocenters. The molecular formula is C24H34N4O2.